The van der Waals surface area contributed by atoms with Gasteiger partial charge in [-0.25, -0.2) is 0 Å². The van der Waals surface area contributed by atoms with E-state index in [0.29, 0.717) is 0 Å². The Morgan fingerprint density at radius 2 is 1.50 bits per heavy atom. The van der Waals surface area contributed by atoms with E-state index in [2.05, 4.69) is 11.8 Å². The Labute approximate surface area is 74.7 Å². The highest BCUT2D eigenvalue weighted by atomic mass is 28.3. The molecule has 0 heterocycles. The Balaban J connectivity index is 3.69. The molecule has 0 amide bonds. The van der Waals surface area contributed by atoms with Gasteiger partial charge in [0.25, 0.3) is 0 Å². The molecule has 3 nitrogen and oxygen atoms in total. The van der Waals surface area contributed by atoms with E-state index >= 15 is 0 Å². The fraction of sp³-hybridized carbons (Fsp3) is 0.500. The van der Waals surface area contributed by atoms with Crippen LogP contribution in [0.15, 0.2) is 0 Å². The van der Waals surface area contributed by atoms with Gasteiger partial charge in [0, 0.05) is 0 Å². The topological polar surface area (TPSA) is 38.7 Å². The van der Waals surface area contributed by atoms with Crippen LogP contribution >= 0.6 is 0 Å². The Hall–Kier alpha value is -0.783. The van der Waals surface area contributed by atoms with Gasteiger partial charge in [0.1, 0.15) is 12.2 Å². The smallest absolute Gasteiger partial charge is 0.387 e. The van der Waals surface area contributed by atoms with Crippen LogP contribution < -0.4 is 0 Å². The molecular formula is C8H11O3Si. The largest absolute Gasteiger partial charge is 0.576 e. The summed E-state index contributed by atoms with van der Waals surface area (Å²) in [4.78, 5) is 9.12. The van der Waals surface area contributed by atoms with Gasteiger partial charge in [-0.15, -0.1) is 12.8 Å². The molecule has 0 spiro atoms. The number of rotatable bonds is 4. The van der Waals surface area contributed by atoms with Gasteiger partial charge in [0.2, 0.25) is 0 Å². The molecule has 0 saturated carbocycles. The second-order valence-corrected chi connectivity index (χ2v) is 3.12. The Kier molecular flexibility index (Phi) is 5.44. The Morgan fingerprint density at radius 1 is 1.17 bits per heavy atom. The molecule has 0 aromatic carbocycles. The van der Waals surface area contributed by atoms with Crippen LogP contribution in [0.2, 0.25) is 0 Å². The van der Waals surface area contributed by atoms with Gasteiger partial charge in [0.05, 0.1) is 0 Å². The fourth-order valence-electron chi connectivity index (χ4n) is 0.398. The average molecular weight is 183 g/mol. The molecule has 2 atom stereocenters. The van der Waals surface area contributed by atoms with Gasteiger partial charge in [-0.2, -0.15) is 0 Å². The van der Waals surface area contributed by atoms with Crippen LogP contribution in [0.25, 0.3) is 0 Å². The molecule has 2 unspecified atom stereocenters. The van der Waals surface area contributed by atoms with Crippen molar-refractivity contribution in [1.82, 2.24) is 0 Å². The molecule has 4 heteroatoms. The van der Waals surface area contributed by atoms with E-state index in [-0.39, 0.29) is 0 Å². The molecule has 0 aromatic rings. The lowest BCUT2D eigenvalue weighted by Crippen LogP contribution is -2.30. The van der Waals surface area contributed by atoms with Crippen molar-refractivity contribution in [2.75, 3.05) is 0 Å². The molecule has 1 N–H and O–H groups in total. The zero-order chi connectivity index (χ0) is 9.56. The van der Waals surface area contributed by atoms with E-state index in [4.69, 9.17) is 26.5 Å². The molecular weight excluding hydrogens is 172 g/mol. The lowest BCUT2D eigenvalue weighted by molar-refractivity contribution is 0.103. The first-order chi connectivity index (χ1) is 5.60. The van der Waals surface area contributed by atoms with Crippen molar-refractivity contribution in [3.8, 4) is 24.7 Å². The maximum atomic E-state index is 9.12. The molecule has 0 aromatic heterocycles. The van der Waals surface area contributed by atoms with E-state index in [9.17, 15) is 0 Å². The van der Waals surface area contributed by atoms with E-state index < -0.39 is 21.7 Å². The lowest BCUT2D eigenvalue weighted by atomic mass is 10.4. The van der Waals surface area contributed by atoms with Gasteiger partial charge < -0.3 is 13.6 Å². The first-order valence-corrected chi connectivity index (χ1v) is 4.68. The van der Waals surface area contributed by atoms with Crippen LogP contribution in [0.3, 0.4) is 0 Å². The Bertz CT molecular complexity index is 181. The molecule has 0 aliphatic heterocycles. The first kappa shape index (κ1) is 11.2. The van der Waals surface area contributed by atoms with Crippen LogP contribution in [0.1, 0.15) is 13.8 Å². The van der Waals surface area contributed by atoms with Gasteiger partial charge >= 0.3 is 9.53 Å². The Morgan fingerprint density at radius 3 is 1.75 bits per heavy atom. The molecule has 0 fully saturated rings. The third kappa shape index (κ3) is 4.95. The molecule has 1 radical (unpaired) electrons. The molecule has 0 saturated heterocycles. The quantitative estimate of drug-likeness (QED) is 0.494. The monoisotopic (exact) mass is 183 g/mol. The SMILES string of the molecule is C#CC(C)O[Si](O)OC(C)C#C. The highest BCUT2D eigenvalue weighted by Crippen LogP contribution is 1.96. The minimum absolute atomic E-state index is 0.450. The van der Waals surface area contributed by atoms with Crippen molar-refractivity contribution < 1.29 is 13.6 Å². The summed E-state index contributed by atoms with van der Waals surface area (Å²) in [5.41, 5.74) is 0. The van der Waals surface area contributed by atoms with Crippen molar-refractivity contribution in [1.29, 1.82) is 0 Å². The molecule has 0 bridgehead atoms. The third-order valence-corrected chi connectivity index (χ3v) is 2.13. The predicted molar refractivity (Wildman–Crippen MR) is 46.7 cm³/mol. The highest BCUT2D eigenvalue weighted by Gasteiger charge is 2.18. The van der Waals surface area contributed by atoms with E-state index in [1.165, 1.54) is 0 Å². The third-order valence-electron chi connectivity index (χ3n) is 1.02. The van der Waals surface area contributed by atoms with Gasteiger partial charge in [-0.1, -0.05) is 11.8 Å². The fourth-order valence-corrected chi connectivity index (χ4v) is 1.19. The molecule has 65 valence electrons. The van der Waals surface area contributed by atoms with Crippen LogP contribution in [0.5, 0.6) is 0 Å². The predicted octanol–water partition coefficient (Wildman–Crippen LogP) is 0.0402. The summed E-state index contributed by atoms with van der Waals surface area (Å²) in [6.07, 6.45) is 9.14. The molecule has 0 aliphatic rings. The van der Waals surface area contributed by atoms with Gasteiger partial charge in [0.15, 0.2) is 0 Å². The van der Waals surface area contributed by atoms with Crippen LogP contribution in [0.4, 0.5) is 0 Å². The van der Waals surface area contributed by atoms with E-state index in [1.807, 2.05) is 0 Å². The summed E-state index contributed by atoms with van der Waals surface area (Å²) in [7, 11) is -2.30. The zero-order valence-corrected chi connectivity index (χ0v) is 8.07. The second-order valence-electron chi connectivity index (χ2n) is 2.12. The maximum Gasteiger partial charge on any atom is 0.576 e. The van der Waals surface area contributed by atoms with Crippen molar-refractivity contribution >= 4 is 9.53 Å². The van der Waals surface area contributed by atoms with Crippen LogP contribution in [-0.2, 0) is 8.85 Å². The molecule has 12 heavy (non-hydrogen) atoms. The summed E-state index contributed by atoms with van der Waals surface area (Å²) in [6, 6.07) is 0. The van der Waals surface area contributed by atoms with Crippen molar-refractivity contribution in [3.63, 3.8) is 0 Å². The van der Waals surface area contributed by atoms with Crippen molar-refractivity contribution in [3.05, 3.63) is 0 Å². The van der Waals surface area contributed by atoms with Crippen LogP contribution in [0, 0.1) is 24.7 Å². The summed E-state index contributed by atoms with van der Waals surface area (Å²) in [5.74, 6) is 4.60. The zero-order valence-electron chi connectivity index (χ0n) is 7.07. The highest BCUT2D eigenvalue weighted by molar-refractivity contribution is 6.34. The van der Waals surface area contributed by atoms with E-state index in [1.54, 1.807) is 13.8 Å². The van der Waals surface area contributed by atoms with Gasteiger partial charge in [-0.3, -0.25) is 0 Å². The van der Waals surface area contributed by atoms with E-state index in [0.717, 1.165) is 0 Å². The first-order valence-electron chi connectivity index (χ1n) is 3.41. The minimum Gasteiger partial charge on any atom is -0.387 e. The summed E-state index contributed by atoms with van der Waals surface area (Å²) in [5, 5.41) is 0. The standard InChI is InChI=1S/C8H11O3Si/c1-5-7(3)10-12(9)11-8(4)6-2/h1-2,7-9H,3-4H3. The lowest BCUT2D eigenvalue weighted by Gasteiger charge is -2.12. The average Bonchev–Trinajstić information content (AvgIpc) is 2.03. The molecule has 0 rings (SSSR count). The maximum absolute atomic E-state index is 9.12. The summed E-state index contributed by atoms with van der Waals surface area (Å²) >= 11 is 0. The number of hydrogen-bond donors (Lipinski definition) is 1. The van der Waals surface area contributed by atoms with Crippen molar-refractivity contribution in [2.24, 2.45) is 0 Å². The second kappa shape index (κ2) is 5.82. The van der Waals surface area contributed by atoms with Gasteiger partial charge in [-0.05, 0) is 13.8 Å². The minimum atomic E-state index is -2.30. The van der Waals surface area contributed by atoms with Crippen molar-refractivity contribution in [2.45, 2.75) is 26.1 Å². The number of hydrogen-bond acceptors (Lipinski definition) is 3. The summed E-state index contributed by atoms with van der Waals surface area (Å²) < 4.78 is 9.75. The van der Waals surface area contributed by atoms with Crippen LogP contribution in [-0.4, -0.2) is 26.5 Å². The summed E-state index contributed by atoms with van der Waals surface area (Å²) in [6.45, 7) is 3.29. The number of terminal acetylenes is 2. The molecule has 0 aliphatic carbocycles. The normalized spacial score (nSPS) is 14.8.